The van der Waals surface area contributed by atoms with Crippen molar-refractivity contribution in [1.82, 2.24) is 9.55 Å². The minimum Gasteiger partial charge on any atom is -0.441 e. The zero-order chi connectivity index (χ0) is 20.1. The lowest BCUT2D eigenvalue weighted by Gasteiger charge is -2.17. The molecule has 0 saturated heterocycles. The van der Waals surface area contributed by atoms with E-state index in [2.05, 4.69) is 4.98 Å². The molecule has 0 aliphatic heterocycles. The van der Waals surface area contributed by atoms with E-state index in [0.717, 1.165) is 18.4 Å². The first-order valence-electron chi connectivity index (χ1n) is 10.1. The highest BCUT2D eigenvalue weighted by molar-refractivity contribution is 5.78. The number of benzene rings is 1. The summed E-state index contributed by atoms with van der Waals surface area (Å²) in [5.41, 5.74) is 1.46. The van der Waals surface area contributed by atoms with Gasteiger partial charge in [-0.2, -0.15) is 0 Å². The standard InChI is InChI=1S/C23H24FN3O2/c24-18-11-9-17(10-12-18)20-16-25-22(29-20)13-14-23(28)27-15-5-4-8-21(27)26-19-6-2-1-3-7-19/h4-5,8-12,15-16,19H,1-3,6-7,13-14H2. The third kappa shape index (κ3) is 4.88. The van der Waals surface area contributed by atoms with E-state index in [9.17, 15) is 9.18 Å². The molecule has 0 radical (unpaired) electrons. The molecule has 6 heteroatoms. The van der Waals surface area contributed by atoms with Crippen molar-refractivity contribution in [2.45, 2.75) is 51.0 Å². The second-order valence-electron chi connectivity index (χ2n) is 7.37. The molecule has 1 aromatic carbocycles. The van der Waals surface area contributed by atoms with Crippen molar-refractivity contribution in [1.29, 1.82) is 0 Å². The molecule has 29 heavy (non-hydrogen) atoms. The molecule has 0 atom stereocenters. The van der Waals surface area contributed by atoms with Gasteiger partial charge in [-0.05, 0) is 49.2 Å². The van der Waals surface area contributed by atoms with E-state index in [-0.39, 0.29) is 18.1 Å². The third-order valence-electron chi connectivity index (χ3n) is 5.23. The maximum absolute atomic E-state index is 13.1. The predicted octanol–water partition coefficient (Wildman–Crippen LogP) is 4.79. The Kier molecular flexibility index (Phi) is 5.98. The average molecular weight is 393 g/mol. The fourth-order valence-electron chi connectivity index (χ4n) is 3.66. The van der Waals surface area contributed by atoms with E-state index in [0.29, 0.717) is 29.6 Å². The van der Waals surface area contributed by atoms with Crippen LogP contribution in [0.25, 0.3) is 11.3 Å². The van der Waals surface area contributed by atoms with Crippen LogP contribution in [0.5, 0.6) is 0 Å². The molecule has 0 spiro atoms. The van der Waals surface area contributed by atoms with Crippen LogP contribution in [0.15, 0.2) is 64.3 Å². The zero-order valence-corrected chi connectivity index (χ0v) is 16.3. The zero-order valence-electron chi connectivity index (χ0n) is 16.3. The lowest BCUT2D eigenvalue weighted by atomic mass is 9.96. The fraction of sp³-hybridized carbons (Fsp3) is 0.348. The molecule has 150 valence electrons. The minimum absolute atomic E-state index is 0.0401. The Hall–Kier alpha value is -3.02. The Labute approximate surface area is 168 Å². The lowest BCUT2D eigenvalue weighted by Crippen LogP contribution is -2.29. The molecule has 3 aromatic rings. The van der Waals surface area contributed by atoms with Gasteiger partial charge in [0.25, 0.3) is 0 Å². The van der Waals surface area contributed by atoms with Gasteiger partial charge in [-0.1, -0.05) is 25.3 Å². The maximum Gasteiger partial charge on any atom is 0.232 e. The number of oxazole rings is 1. The van der Waals surface area contributed by atoms with Crippen LogP contribution in [0.4, 0.5) is 4.39 Å². The molecule has 4 rings (SSSR count). The molecule has 1 aliphatic carbocycles. The average Bonchev–Trinajstić information content (AvgIpc) is 3.23. The maximum atomic E-state index is 13.1. The molecule has 0 unspecified atom stereocenters. The number of aromatic nitrogens is 2. The van der Waals surface area contributed by atoms with Crippen LogP contribution in [0, 0.1) is 5.82 Å². The number of carbonyl (C=O) groups excluding carboxylic acids is 1. The molecular formula is C23H24FN3O2. The first-order valence-corrected chi connectivity index (χ1v) is 10.1. The van der Waals surface area contributed by atoms with Gasteiger partial charge < -0.3 is 4.42 Å². The van der Waals surface area contributed by atoms with Crippen LogP contribution in [-0.4, -0.2) is 21.5 Å². The van der Waals surface area contributed by atoms with E-state index in [1.807, 2.05) is 18.2 Å². The summed E-state index contributed by atoms with van der Waals surface area (Å²) in [4.78, 5) is 21.9. The van der Waals surface area contributed by atoms with Crippen molar-refractivity contribution in [3.8, 4) is 11.3 Å². The summed E-state index contributed by atoms with van der Waals surface area (Å²) in [5, 5.41) is 0. The number of carbonyl (C=O) groups is 1. The number of rotatable bonds is 5. The summed E-state index contributed by atoms with van der Waals surface area (Å²) in [5.74, 6) is 0.711. The second-order valence-corrected chi connectivity index (χ2v) is 7.37. The Morgan fingerprint density at radius 1 is 1.14 bits per heavy atom. The number of pyridine rings is 1. The number of nitrogens with zero attached hydrogens (tertiary/aromatic N) is 3. The Bertz CT molecular complexity index is 1030. The van der Waals surface area contributed by atoms with E-state index < -0.39 is 0 Å². The Morgan fingerprint density at radius 2 is 1.93 bits per heavy atom. The highest BCUT2D eigenvalue weighted by Gasteiger charge is 2.14. The molecule has 0 amide bonds. The number of aryl methyl sites for hydroxylation is 1. The van der Waals surface area contributed by atoms with Crippen LogP contribution in [0.2, 0.25) is 0 Å². The van der Waals surface area contributed by atoms with Gasteiger partial charge >= 0.3 is 0 Å². The summed E-state index contributed by atoms with van der Waals surface area (Å²) >= 11 is 0. The van der Waals surface area contributed by atoms with Gasteiger partial charge in [0.1, 0.15) is 11.3 Å². The van der Waals surface area contributed by atoms with E-state index in [1.54, 1.807) is 29.1 Å². The van der Waals surface area contributed by atoms with Crippen molar-refractivity contribution < 1.29 is 13.6 Å². The van der Waals surface area contributed by atoms with Gasteiger partial charge in [0.05, 0.1) is 12.2 Å². The number of hydrogen-bond acceptors (Lipinski definition) is 4. The van der Waals surface area contributed by atoms with Crippen molar-refractivity contribution in [2.24, 2.45) is 4.99 Å². The summed E-state index contributed by atoms with van der Waals surface area (Å²) in [6, 6.07) is 12.0. The van der Waals surface area contributed by atoms with E-state index in [4.69, 9.17) is 9.41 Å². The number of hydrogen-bond donors (Lipinski definition) is 0. The highest BCUT2D eigenvalue weighted by atomic mass is 19.1. The number of halogens is 1. The van der Waals surface area contributed by atoms with Crippen molar-refractivity contribution in [3.05, 3.63) is 72.1 Å². The monoisotopic (exact) mass is 393 g/mol. The molecule has 1 fully saturated rings. The van der Waals surface area contributed by atoms with Crippen molar-refractivity contribution in [2.75, 3.05) is 0 Å². The first-order chi connectivity index (χ1) is 14.2. The SMILES string of the molecule is O=C(CCc1ncc(-c2ccc(F)cc2)o1)n1ccccc1=NC1CCCCC1. The van der Waals surface area contributed by atoms with Gasteiger partial charge in [-0.15, -0.1) is 0 Å². The molecule has 1 aliphatic rings. The van der Waals surface area contributed by atoms with Crippen molar-refractivity contribution in [3.63, 3.8) is 0 Å². The summed E-state index contributed by atoms with van der Waals surface area (Å²) in [7, 11) is 0. The van der Waals surface area contributed by atoms with Crippen LogP contribution < -0.4 is 5.49 Å². The Morgan fingerprint density at radius 3 is 2.72 bits per heavy atom. The molecule has 0 N–H and O–H groups in total. The van der Waals surface area contributed by atoms with E-state index >= 15 is 0 Å². The normalized spacial score (nSPS) is 15.6. The summed E-state index contributed by atoms with van der Waals surface area (Å²) < 4.78 is 20.4. The van der Waals surface area contributed by atoms with Crippen LogP contribution in [-0.2, 0) is 6.42 Å². The topological polar surface area (TPSA) is 60.4 Å². The fourth-order valence-corrected chi connectivity index (χ4v) is 3.66. The molecule has 2 heterocycles. The van der Waals surface area contributed by atoms with Gasteiger partial charge in [-0.25, -0.2) is 9.37 Å². The molecule has 5 nitrogen and oxygen atoms in total. The lowest BCUT2D eigenvalue weighted by molar-refractivity contribution is 0.0894. The van der Waals surface area contributed by atoms with E-state index in [1.165, 1.54) is 31.4 Å². The molecule has 1 saturated carbocycles. The van der Waals surface area contributed by atoms with Gasteiger partial charge in [0.2, 0.25) is 5.91 Å². The first kappa shape index (κ1) is 19.3. The van der Waals surface area contributed by atoms with Crippen LogP contribution in [0.1, 0.15) is 49.2 Å². The van der Waals surface area contributed by atoms with Gasteiger partial charge in [-0.3, -0.25) is 14.4 Å². The third-order valence-corrected chi connectivity index (χ3v) is 5.23. The summed E-state index contributed by atoms with van der Waals surface area (Å²) in [6.45, 7) is 0. The van der Waals surface area contributed by atoms with Gasteiger partial charge in [0, 0.05) is 24.6 Å². The Balaban J connectivity index is 1.44. The van der Waals surface area contributed by atoms with Crippen LogP contribution >= 0.6 is 0 Å². The highest BCUT2D eigenvalue weighted by Crippen LogP contribution is 2.21. The largest absolute Gasteiger partial charge is 0.441 e. The smallest absolute Gasteiger partial charge is 0.232 e. The molecular weight excluding hydrogens is 369 g/mol. The van der Waals surface area contributed by atoms with Crippen molar-refractivity contribution >= 4 is 5.91 Å². The minimum atomic E-state index is -0.298. The quantitative estimate of drug-likeness (QED) is 0.626. The van der Waals surface area contributed by atoms with Gasteiger partial charge in [0.15, 0.2) is 11.7 Å². The summed E-state index contributed by atoms with van der Waals surface area (Å²) in [6.07, 6.45) is 9.89. The van der Waals surface area contributed by atoms with Crippen LogP contribution in [0.3, 0.4) is 0 Å². The molecule has 2 aromatic heterocycles. The second kappa shape index (κ2) is 8.99. The predicted molar refractivity (Wildman–Crippen MR) is 108 cm³/mol. The molecule has 0 bridgehead atoms.